The van der Waals surface area contributed by atoms with Crippen LogP contribution in [0.5, 0.6) is 0 Å². The lowest BCUT2D eigenvalue weighted by atomic mass is 9.70. The standard InChI is InChI=1S/C52H87N2/c1-4-6-8-10-12-14-16-18-19-20-21-22-23-25-27-29-37-43-51(52(3,50-41-35-32-36-42-50)47-49-39-33-31-34-40-49)54-46-45-53(48-54)44-38-30-28-26-24-17-15-13-11-9-7-5-2/h31-36,39-42,45-46,48,51H,4-30,37-38,43-44,47H2,1-3H3/q+1. The molecule has 2 nitrogen and oxygen atoms in total. The minimum Gasteiger partial charge on any atom is -0.237 e. The highest BCUT2D eigenvalue weighted by molar-refractivity contribution is 5.30. The second-order valence-electron chi connectivity index (χ2n) is 17.4. The Morgan fingerprint density at radius 3 is 1.31 bits per heavy atom. The van der Waals surface area contributed by atoms with E-state index in [0.29, 0.717) is 6.04 Å². The predicted molar refractivity (Wildman–Crippen MR) is 237 cm³/mol. The second kappa shape index (κ2) is 30.8. The minimum absolute atomic E-state index is 0.00448. The zero-order valence-electron chi connectivity index (χ0n) is 36.1. The van der Waals surface area contributed by atoms with Crippen LogP contribution in [0.3, 0.4) is 0 Å². The number of benzene rings is 2. The SMILES string of the molecule is CCCCCCCCCCCCCCCCCCCC(n1cc[n+](CCCCCCCCCCCCCC)c1)C(C)(Cc1ccccc1)c1ccccc1. The van der Waals surface area contributed by atoms with Gasteiger partial charge in [0.15, 0.2) is 0 Å². The average Bonchev–Trinajstić information content (AvgIpc) is 3.66. The van der Waals surface area contributed by atoms with E-state index in [2.05, 4.69) is 109 Å². The summed E-state index contributed by atoms with van der Waals surface area (Å²) in [7, 11) is 0. The molecule has 0 saturated carbocycles. The van der Waals surface area contributed by atoms with Gasteiger partial charge < -0.3 is 0 Å². The van der Waals surface area contributed by atoms with Crippen LogP contribution in [0.1, 0.15) is 231 Å². The molecule has 0 aliphatic rings. The maximum absolute atomic E-state index is 2.60. The van der Waals surface area contributed by atoms with Crippen molar-refractivity contribution in [3.8, 4) is 0 Å². The normalized spacial score (nSPS) is 13.3. The third-order valence-corrected chi connectivity index (χ3v) is 12.5. The molecule has 0 bridgehead atoms. The van der Waals surface area contributed by atoms with E-state index in [4.69, 9.17) is 0 Å². The van der Waals surface area contributed by atoms with Crippen LogP contribution in [0.25, 0.3) is 0 Å². The fourth-order valence-electron chi connectivity index (χ4n) is 8.97. The van der Waals surface area contributed by atoms with Crippen LogP contribution in [-0.4, -0.2) is 4.57 Å². The molecule has 0 amide bonds. The van der Waals surface area contributed by atoms with Crippen molar-refractivity contribution in [1.29, 1.82) is 0 Å². The monoisotopic (exact) mass is 740 g/mol. The summed E-state index contributed by atoms with van der Waals surface area (Å²) in [5.74, 6) is 0. The maximum atomic E-state index is 2.60. The minimum atomic E-state index is 0.00448. The van der Waals surface area contributed by atoms with E-state index < -0.39 is 0 Å². The molecule has 2 aromatic carbocycles. The van der Waals surface area contributed by atoms with Crippen LogP contribution < -0.4 is 4.57 Å². The largest absolute Gasteiger partial charge is 0.244 e. The lowest BCUT2D eigenvalue weighted by molar-refractivity contribution is -0.697. The Balaban J connectivity index is 1.45. The number of imidazole rings is 1. The highest BCUT2D eigenvalue weighted by Gasteiger charge is 2.40. The number of hydrogen-bond acceptors (Lipinski definition) is 0. The van der Waals surface area contributed by atoms with Crippen LogP contribution in [-0.2, 0) is 18.4 Å². The van der Waals surface area contributed by atoms with Crippen molar-refractivity contribution in [2.75, 3.05) is 0 Å². The Labute approximate surface area is 336 Å². The lowest BCUT2D eigenvalue weighted by Crippen LogP contribution is -2.38. The molecule has 304 valence electrons. The molecule has 1 aromatic heterocycles. The average molecular weight is 740 g/mol. The third-order valence-electron chi connectivity index (χ3n) is 12.5. The Hall–Kier alpha value is -2.35. The summed E-state index contributed by atoms with van der Waals surface area (Å²) in [5, 5.41) is 0. The van der Waals surface area contributed by atoms with Crippen molar-refractivity contribution < 1.29 is 4.57 Å². The Bertz CT molecular complexity index is 1230. The second-order valence-corrected chi connectivity index (χ2v) is 17.4. The number of aryl methyl sites for hydroxylation is 1. The van der Waals surface area contributed by atoms with Crippen LogP contribution in [0.2, 0.25) is 0 Å². The zero-order chi connectivity index (χ0) is 38.2. The van der Waals surface area contributed by atoms with Crippen molar-refractivity contribution in [2.45, 2.75) is 238 Å². The molecule has 3 aromatic rings. The molecule has 54 heavy (non-hydrogen) atoms. The number of hydrogen-bond donors (Lipinski definition) is 0. The molecule has 2 unspecified atom stereocenters. The van der Waals surface area contributed by atoms with Gasteiger partial charge >= 0.3 is 0 Å². The number of unbranched alkanes of at least 4 members (excludes halogenated alkanes) is 27. The van der Waals surface area contributed by atoms with Crippen LogP contribution in [0, 0.1) is 0 Å². The summed E-state index contributed by atoms with van der Waals surface area (Å²) in [6, 6.07) is 23.1. The summed E-state index contributed by atoms with van der Waals surface area (Å²) in [6.07, 6.45) is 50.5. The molecule has 1 heterocycles. The van der Waals surface area contributed by atoms with Crippen molar-refractivity contribution in [3.63, 3.8) is 0 Å². The van der Waals surface area contributed by atoms with Gasteiger partial charge in [-0.05, 0) is 43.2 Å². The van der Waals surface area contributed by atoms with Crippen LogP contribution in [0.4, 0.5) is 0 Å². The summed E-state index contributed by atoms with van der Waals surface area (Å²) in [4.78, 5) is 0. The summed E-state index contributed by atoms with van der Waals surface area (Å²) in [5.41, 5.74) is 2.91. The quantitative estimate of drug-likeness (QED) is 0.0415. The highest BCUT2D eigenvalue weighted by Crippen LogP contribution is 2.41. The van der Waals surface area contributed by atoms with E-state index in [1.807, 2.05) is 0 Å². The van der Waals surface area contributed by atoms with Crippen LogP contribution >= 0.6 is 0 Å². The first-order chi connectivity index (χ1) is 26.7. The van der Waals surface area contributed by atoms with Gasteiger partial charge in [-0.2, -0.15) is 0 Å². The van der Waals surface area contributed by atoms with Gasteiger partial charge in [-0.3, -0.25) is 0 Å². The van der Waals surface area contributed by atoms with Crippen molar-refractivity contribution in [2.24, 2.45) is 0 Å². The first-order valence-electron chi connectivity index (χ1n) is 23.8. The summed E-state index contributed by atoms with van der Waals surface area (Å²) >= 11 is 0. The topological polar surface area (TPSA) is 8.81 Å². The Morgan fingerprint density at radius 2 is 0.870 bits per heavy atom. The maximum Gasteiger partial charge on any atom is 0.244 e. The zero-order valence-corrected chi connectivity index (χ0v) is 36.1. The third kappa shape index (κ3) is 20.0. The Kier molecular flexibility index (Phi) is 26.3. The molecule has 0 fully saturated rings. The van der Waals surface area contributed by atoms with Gasteiger partial charge in [0, 0.05) is 5.41 Å². The summed E-state index contributed by atoms with van der Waals surface area (Å²) in [6.45, 7) is 8.30. The molecule has 0 aliphatic heterocycles. The highest BCUT2D eigenvalue weighted by atomic mass is 15.1. The van der Waals surface area contributed by atoms with Crippen LogP contribution in [0.15, 0.2) is 79.4 Å². The summed E-state index contributed by atoms with van der Waals surface area (Å²) < 4.78 is 5.08. The van der Waals surface area contributed by atoms with Gasteiger partial charge in [-0.25, -0.2) is 9.13 Å². The van der Waals surface area contributed by atoms with Gasteiger partial charge in [0.2, 0.25) is 6.33 Å². The van der Waals surface area contributed by atoms with E-state index >= 15 is 0 Å². The van der Waals surface area contributed by atoms with Crippen molar-refractivity contribution >= 4 is 0 Å². The number of rotatable bonds is 36. The lowest BCUT2D eigenvalue weighted by Gasteiger charge is -2.37. The molecule has 0 N–H and O–H groups in total. The molecule has 0 aliphatic carbocycles. The fraction of sp³-hybridized carbons (Fsp3) is 0.712. The van der Waals surface area contributed by atoms with E-state index in [0.717, 1.165) is 13.0 Å². The molecule has 0 radical (unpaired) electrons. The predicted octanol–water partition coefficient (Wildman–Crippen LogP) is 16.3. The molecular weight excluding hydrogens is 653 g/mol. The smallest absolute Gasteiger partial charge is 0.237 e. The fourth-order valence-corrected chi connectivity index (χ4v) is 8.97. The molecular formula is C52H87N2+. The van der Waals surface area contributed by atoms with Gasteiger partial charge in [0.25, 0.3) is 0 Å². The van der Waals surface area contributed by atoms with Gasteiger partial charge in [-0.1, -0.05) is 248 Å². The first-order valence-corrected chi connectivity index (χ1v) is 23.8. The van der Waals surface area contributed by atoms with Crippen molar-refractivity contribution in [1.82, 2.24) is 4.57 Å². The van der Waals surface area contributed by atoms with Crippen molar-refractivity contribution in [3.05, 3.63) is 90.5 Å². The molecule has 0 saturated heterocycles. The van der Waals surface area contributed by atoms with E-state index in [9.17, 15) is 0 Å². The van der Waals surface area contributed by atoms with Gasteiger partial charge in [0.05, 0.1) is 6.54 Å². The molecule has 2 atom stereocenters. The molecule has 2 heteroatoms. The molecule has 3 rings (SSSR count). The molecule has 0 spiro atoms. The van der Waals surface area contributed by atoms with Gasteiger partial charge in [0.1, 0.15) is 18.4 Å². The Morgan fingerprint density at radius 1 is 0.481 bits per heavy atom. The number of aromatic nitrogens is 2. The van der Waals surface area contributed by atoms with E-state index in [1.165, 1.54) is 204 Å². The van der Waals surface area contributed by atoms with E-state index in [1.54, 1.807) is 0 Å². The number of nitrogens with zero attached hydrogens (tertiary/aromatic N) is 2. The van der Waals surface area contributed by atoms with Gasteiger partial charge in [-0.15, -0.1) is 0 Å². The first kappa shape index (κ1) is 46.0. The van der Waals surface area contributed by atoms with E-state index in [-0.39, 0.29) is 5.41 Å².